The summed E-state index contributed by atoms with van der Waals surface area (Å²) in [5.41, 5.74) is 6.06. The van der Waals surface area contributed by atoms with Crippen LogP contribution in [0.2, 0.25) is 0 Å². The number of pyridine rings is 2. The normalized spacial score (nSPS) is 14.1. The van der Waals surface area contributed by atoms with Gasteiger partial charge in [0.05, 0.1) is 28.0 Å². The van der Waals surface area contributed by atoms with Gasteiger partial charge < -0.3 is 9.84 Å². The van der Waals surface area contributed by atoms with Crippen molar-refractivity contribution in [2.45, 2.75) is 46.5 Å². The van der Waals surface area contributed by atoms with E-state index in [0.717, 1.165) is 41.2 Å². The molecule has 3 aromatic rings. The van der Waals surface area contributed by atoms with Crippen molar-refractivity contribution < 1.29 is 9.32 Å². The van der Waals surface area contributed by atoms with Crippen LogP contribution in [0, 0.1) is 27.7 Å². The van der Waals surface area contributed by atoms with Crippen molar-refractivity contribution in [2.75, 3.05) is 5.32 Å². The minimum absolute atomic E-state index is 0.183. The average molecular weight is 336 g/mol. The summed E-state index contributed by atoms with van der Waals surface area (Å²) in [6.07, 6.45) is 2.21. The highest BCUT2D eigenvalue weighted by atomic mass is 16.5. The number of hydrogen-bond donors (Lipinski definition) is 1. The summed E-state index contributed by atoms with van der Waals surface area (Å²) in [5.74, 6) is 0.239. The van der Waals surface area contributed by atoms with Crippen molar-refractivity contribution in [3.63, 3.8) is 0 Å². The first kappa shape index (κ1) is 15.7. The molecule has 0 unspecified atom stereocenters. The van der Waals surface area contributed by atoms with Gasteiger partial charge in [-0.15, -0.1) is 0 Å². The van der Waals surface area contributed by atoms with Crippen molar-refractivity contribution in [3.8, 4) is 0 Å². The fourth-order valence-corrected chi connectivity index (χ4v) is 3.27. The van der Waals surface area contributed by atoms with Crippen molar-refractivity contribution in [2.24, 2.45) is 0 Å². The first-order valence-electron chi connectivity index (χ1n) is 8.47. The first-order valence-corrected chi connectivity index (χ1v) is 8.47. The van der Waals surface area contributed by atoms with E-state index in [-0.39, 0.29) is 5.91 Å². The highest BCUT2D eigenvalue weighted by Crippen LogP contribution is 2.40. The van der Waals surface area contributed by atoms with Crippen molar-refractivity contribution >= 4 is 22.7 Å². The van der Waals surface area contributed by atoms with E-state index in [1.54, 1.807) is 0 Å². The van der Waals surface area contributed by atoms with Gasteiger partial charge in [0.25, 0.3) is 11.6 Å². The molecular weight excluding hydrogens is 316 g/mol. The van der Waals surface area contributed by atoms with Gasteiger partial charge in [-0.3, -0.25) is 9.78 Å². The zero-order valence-electron chi connectivity index (χ0n) is 14.8. The van der Waals surface area contributed by atoms with E-state index in [2.05, 4.69) is 20.4 Å². The van der Waals surface area contributed by atoms with Crippen LogP contribution >= 0.6 is 0 Å². The summed E-state index contributed by atoms with van der Waals surface area (Å²) in [5, 5.41) is 7.68. The van der Waals surface area contributed by atoms with Crippen LogP contribution in [-0.4, -0.2) is 21.0 Å². The van der Waals surface area contributed by atoms with E-state index in [9.17, 15) is 4.79 Å². The van der Waals surface area contributed by atoms with E-state index < -0.39 is 0 Å². The number of nitrogens with one attached hydrogen (secondary N) is 1. The predicted octanol–water partition coefficient (Wildman–Crippen LogP) is 3.98. The van der Waals surface area contributed by atoms with Gasteiger partial charge in [-0.05, 0) is 58.2 Å². The van der Waals surface area contributed by atoms with Gasteiger partial charge in [-0.25, -0.2) is 4.98 Å². The number of amides is 1. The van der Waals surface area contributed by atoms with Gasteiger partial charge >= 0.3 is 0 Å². The Morgan fingerprint density at radius 2 is 1.88 bits per heavy atom. The molecule has 1 aliphatic carbocycles. The minimum Gasteiger partial charge on any atom is -0.336 e. The molecule has 0 saturated heterocycles. The lowest BCUT2D eigenvalue weighted by Gasteiger charge is -2.13. The molecule has 0 bridgehead atoms. The van der Waals surface area contributed by atoms with Gasteiger partial charge in [-0.2, -0.15) is 0 Å². The molecule has 3 heterocycles. The second-order valence-electron chi connectivity index (χ2n) is 6.81. The molecule has 6 nitrogen and oxygen atoms in total. The van der Waals surface area contributed by atoms with Gasteiger partial charge in [0, 0.05) is 17.3 Å². The van der Waals surface area contributed by atoms with Crippen molar-refractivity contribution in [1.29, 1.82) is 0 Å². The Labute approximate surface area is 145 Å². The van der Waals surface area contributed by atoms with Crippen LogP contribution in [0.15, 0.2) is 16.7 Å². The van der Waals surface area contributed by atoms with E-state index in [1.807, 2.05) is 39.8 Å². The molecule has 0 aliphatic heterocycles. The highest BCUT2D eigenvalue weighted by molar-refractivity contribution is 6.12. The zero-order valence-corrected chi connectivity index (χ0v) is 14.8. The fourth-order valence-electron chi connectivity index (χ4n) is 3.27. The van der Waals surface area contributed by atoms with Crippen LogP contribution in [0.25, 0.3) is 11.1 Å². The Balaban J connectivity index is 1.78. The number of carbonyl (C=O) groups is 1. The third kappa shape index (κ3) is 2.77. The van der Waals surface area contributed by atoms with E-state index in [0.29, 0.717) is 28.3 Å². The summed E-state index contributed by atoms with van der Waals surface area (Å²) in [6.45, 7) is 7.64. The monoisotopic (exact) mass is 336 g/mol. The SMILES string of the molecule is Cc1cc(C)c(NC(=O)c2cc(C3CC3)nc3onc(C)c23)c(C)n1. The minimum atomic E-state index is -0.183. The topological polar surface area (TPSA) is 80.9 Å². The van der Waals surface area contributed by atoms with E-state index in [4.69, 9.17) is 4.52 Å². The Bertz CT molecular complexity index is 979. The maximum Gasteiger partial charge on any atom is 0.259 e. The summed E-state index contributed by atoms with van der Waals surface area (Å²) in [6, 6.07) is 3.84. The molecule has 6 heteroatoms. The van der Waals surface area contributed by atoms with Crippen LogP contribution in [-0.2, 0) is 0 Å². The zero-order chi connectivity index (χ0) is 17.7. The first-order chi connectivity index (χ1) is 11.9. The fraction of sp³-hybridized carbons (Fsp3) is 0.368. The number of fused-ring (bicyclic) bond motifs is 1. The second kappa shape index (κ2) is 5.65. The lowest BCUT2D eigenvalue weighted by molar-refractivity contribution is 0.102. The van der Waals surface area contributed by atoms with Gasteiger partial charge in [0.2, 0.25) is 0 Å². The molecule has 1 saturated carbocycles. The summed E-state index contributed by atoms with van der Waals surface area (Å²) >= 11 is 0. The molecule has 1 fully saturated rings. The smallest absolute Gasteiger partial charge is 0.259 e. The molecule has 0 aromatic carbocycles. The van der Waals surface area contributed by atoms with Crippen LogP contribution in [0.3, 0.4) is 0 Å². The Morgan fingerprint density at radius 1 is 1.12 bits per heavy atom. The largest absolute Gasteiger partial charge is 0.336 e. The van der Waals surface area contributed by atoms with E-state index >= 15 is 0 Å². The van der Waals surface area contributed by atoms with Crippen molar-refractivity contribution in [1.82, 2.24) is 15.1 Å². The average Bonchev–Trinajstić information content (AvgIpc) is 3.34. The van der Waals surface area contributed by atoms with Crippen LogP contribution in [0.5, 0.6) is 0 Å². The predicted molar refractivity (Wildman–Crippen MR) is 94.9 cm³/mol. The third-order valence-electron chi connectivity index (χ3n) is 4.64. The lowest BCUT2D eigenvalue weighted by Crippen LogP contribution is -2.16. The number of anilines is 1. The second-order valence-corrected chi connectivity index (χ2v) is 6.81. The molecule has 1 aliphatic rings. The molecule has 128 valence electrons. The highest BCUT2D eigenvalue weighted by Gasteiger charge is 2.28. The summed E-state index contributed by atoms with van der Waals surface area (Å²) < 4.78 is 5.32. The Hall–Kier alpha value is -2.76. The molecule has 0 atom stereocenters. The van der Waals surface area contributed by atoms with E-state index in [1.165, 1.54) is 0 Å². The van der Waals surface area contributed by atoms with Gasteiger partial charge in [0.1, 0.15) is 0 Å². The van der Waals surface area contributed by atoms with Crippen LogP contribution in [0.1, 0.15) is 57.5 Å². The third-order valence-corrected chi connectivity index (χ3v) is 4.64. The molecule has 1 N–H and O–H groups in total. The van der Waals surface area contributed by atoms with Gasteiger partial charge in [-0.1, -0.05) is 5.16 Å². The molecule has 1 amide bonds. The molecule has 4 rings (SSSR count). The van der Waals surface area contributed by atoms with Crippen LogP contribution < -0.4 is 5.32 Å². The molecule has 0 radical (unpaired) electrons. The Kier molecular flexibility index (Phi) is 3.56. The maximum absolute atomic E-state index is 13.0. The maximum atomic E-state index is 13.0. The molecule has 0 spiro atoms. The molecule has 3 aromatic heterocycles. The number of aromatic nitrogens is 3. The summed E-state index contributed by atoms with van der Waals surface area (Å²) in [7, 11) is 0. The van der Waals surface area contributed by atoms with Crippen molar-refractivity contribution in [3.05, 3.63) is 46.0 Å². The summed E-state index contributed by atoms with van der Waals surface area (Å²) in [4.78, 5) is 22.0. The number of nitrogens with zero attached hydrogens (tertiary/aromatic N) is 3. The molecular formula is C19H20N4O2. The number of aryl methyl sites for hydroxylation is 4. The number of hydrogen-bond acceptors (Lipinski definition) is 5. The Morgan fingerprint density at radius 3 is 2.56 bits per heavy atom. The lowest BCUT2D eigenvalue weighted by atomic mass is 10.1. The number of rotatable bonds is 3. The standard InChI is InChI=1S/C19H20N4O2/c1-9-7-10(2)20-12(4)17(9)22-18(24)14-8-15(13-5-6-13)21-19-16(14)11(3)23-25-19/h7-8,13H,5-6H2,1-4H3,(H,22,24). The van der Waals surface area contributed by atoms with Crippen LogP contribution in [0.4, 0.5) is 5.69 Å². The number of carbonyl (C=O) groups excluding carboxylic acids is 1. The quantitative estimate of drug-likeness (QED) is 0.782. The molecule has 25 heavy (non-hydrogen) atoms. The van der Waals surface area contributed by atoms with Gasteiger partial charge in [0.15, 0.2) is 0 Å².